The number of amides is 1. The topological polar surface area (TPSA) is 82.4 Å². The van der Waals surface area contributed by atoms with Crippen molar-refractivity contribution in [2.75, 3.05) is 24.5 Å². The molecule has 8 nitrogen and oxygen atoms in total. The summed E-state index contributed by atoms with van der Waals surface area (Å²) in [6, 6.07) is 3.05. The van der Waals surface area contributed by atoms with Crippen molar-refractivity contribution < 1.29 is 13.9 Å². The molecule has 0 spiro atoms. The Morgan fingerprint density at radius 1 is 1.33 bits per heavy atom. The van der Waals surface area contributed by atoms with Crippen LogP contribution in [0.5, 0.6) is 0 Å². The van der Waals surface area contributed by atoms with Crippen LogP contribution in [0.15, 0.2) is 34.5 Å². The molecule has 4 aliphatic rings. The number of anilines is 1. The number of fused-ring (bicyclic) bond motifs is 2. The molecular weight excluding hydrogens is 387 g/mol. The Morgan fingerprint density at radius 3 is 2.97 bits per heavy atom. The lowest BCUT2D eigenvalue weighted by Gasteiger charge is -2.42. The number of hydrogen-bond acceptors (Lipinski definition) is 7. The van der Waals surface area contributed by atoms with E-state index in [1.54, 1.807) is 12.3 Å². The van der Waals surface area contributed by atoms with Crippen LogP contribution < -0.4 is 10.3 Å². The van der Waals surface area contributed by atoms with Crippen molar-refractivity contribution in [1.82, 2.24) is 15.3 Å². The zero-order chi connectivity index (χ0) is 21.0. The molecule has 1 aromatic rings. The first-order valence-corrected chi connectivity index (χ1v) is 10.4. The molecule has 1 N–H and O–H groups in total. The van der Waals surface area contributed by atoms with Gasteiger partial charge in [-0.15, -0.1) is 0 Å². The second-order valence-corrected chi connectivity index (χ2v) is 8.66. The molecule has 0 aromatic carbocycles. The maximum absolute atomic E-state index is 14.7. The first-order valence-electron chi connectivity index (χ1n) is 10.4. The molecule has 5 rings (SSSR count). The molecule has 158 valence electrons. The Bertz CT molecular complexity index is 990. The summed E-state index contributed by atoms with van der Waals surface area (Å²) in [5.74, 6) is 1.07. The Labute approximate surface area is 174 Å². The van der Waals surface area contributed by atoms with E-state index < -0.39 is 11.4 Å². The summed E-state index contributed by atoms with van der Waals surface area (Å²) in [5, 5.41) is 4.31. The van der Waals surface area contributed by atoms with E-state index in [2.05, 4.69) is 39.3 Å². The first kappa shape index (κ1) is 19.0. The highest BCUT2D eigenvalue weighted by Crippen LogP contribution is 2.38. The average molecular weight is 412 g/mol. The minimum atomic E-state index is -0.572. The second kappa shape index (κ2) is 6.78. The summed E-state index contributed by atoms with van der Waals surface area (Å²) < 4.78 is 20.5. The highest BCUT2D eigenvalue weighted by atomic mass is 19.1. The summed E-state index contributed by atoms with van der Waals surface area (Å²) in [6.07, 6.45) is 4.13. The molecule has 3 unspecified atom stereocenters. The van der Waals surface area contributed by atoms with Gasteiger partial charge in [0.05, 0.1) is 12.0 Å². The molecule has 0 bridgehead atoms. The van der Waals surface area contributed by atoms with Crippen LogP contribution in [-0.4, -0.2) is 58.8 Å². The Morgan fingerprint density at radius 2 is 2.17 bits per heavy atom. The Kier molecular flexibility index (Phi) is 4.30. The van der Waals surface area contributed by atoms with Crippen LogP contribution >= 0.6 is 0 Å². The van der Waals surface area contributed by atoms with Gasteiger partial charge in [0.15, 0.2) is 5.82 Å². The third-order valence-corrected chi connectivity index (χ3v) is 6.77. The average Bonchev–Trinajstić information content (AvgIpc) is 3.28. The van der Waals surface area contributed by atoms with Crippen LogP contribution in [0, 0.1) is 17.7 Å². The summed E-state index contributed by atoms with van der Waals surface area (Å²) in [5.41, 5.74) is 3.15. The van der Waals surface area contributed by atoms with E-state index in [1.807, 2.05) is 17.9 Å². The van der Waals surface area contributed by atoms with E-state index in [1.165, 1.54) is 6.07 Å². The van der Waals surface area contributed by atoms with Crippen molar-refractivity contribution in [2.24, 2.45) is 21.9 Å². The van der Waals surface area contributed by atoms with Gasteiger partial charge >= 0.3 is 6.09 Å². The van der Waals surface area contributed by atoms with Crippen LogP contribution in [0.1, 0.15) is 32.9 Å². The normalized spacial score (nSPS) is 30.0. The molecule has 1 aromatic heterocycles. The molecule has 3 atom stereocenters. The number of nitrogens with one attached hydrogen (secondary N) is 1. The second-order valence-electron chi connectivity index (χ2n) is 8.66. The van der Waals surface area contributed by atoms with E-state index in [4.69, 9.17) is 4.74 Å². The van der Waals surface area contributed by atoms with Gasteiger partial charge in [-0.2, -0.15) is 5.10 Å². The molecule has 2 fully saturated rings. The van der Waals surface area contributed by atoms with Crippen molar-refractivity contribution in [3.05, 3.63) is 35.9 Å². The largest absolute Gasteiger partial charge is 0.441 e. The van der Waals surface area contributed by atoms with Crippen molar-refractivity contribution in [2.45, 2.75) is 38.8 Å². The molecular formula is C21H25FN6O2. The van der Waals surface area contributed by atoms with Crippen LogP contribution in [-0.2, 0) is 4.74 Å². The lowest BCUT2D eigenvalue weighted by molar-refractivity contribution is 0.0103. The summed E-state index contributed by atoms with van der Waals surface area (Å²) >= 11 is 0. The predicted octanol–water partition coefficient (Wildman–Crippen LogP) is 2.52. The lowest BCUT2D eigenvalue weighted by Crippen LogP contribution is -2.58. The molecule has 5 heterocycles. The number of piperazine rings is 1. The summed E-state index contributed by atoms with van der Waals surface area (Å²) in [4.78, 5) is 25.2. The quantitative estimate of drug-likeness (QED) is 0.825. The number of aliphatic imine (C=N–C) groups is 1. The van der Waals surface area contributed by atoms with Crippen molar-refractivity contribution in [3.63, 3.8) is 0 Å². The van der Waals surface area contributed by atoms with Gasteiger partial charge in [0.2, 0.25) is 0 Å². The molecule has 9 heteroatoms. The number of rotatable bonds is 3. The van der Waals surface area contributed by atoms with Gasteiger partial charge in [-0.05, 0) is 31.4 Å². The number of pyridine rings is 1. The number of halogens is 1. The number of hydrazone groups is 1. The standard InChI is InChI=1S/C21H25FN6O2/c1-12(2)21(3)15-11-27(9-10-28(15)20(29)30-21)16-7-6-14(22)18(24-16)17-13-5-4-8-23-19(13)26-25-17/h4,6-8,12-13,15H,5,9-11H2,1-3H3,(H,23,26). The van der Waals surface area contributed by atoms with Crippen LogP contribution in [0.4, 0.5) is 15.0 Å². The number of cyclic esters (lactones) is 1. The third kappa shape index (κ3) is 2.79. The van der Waals surface area contributed by atoms with Crippen LogP contribution in [0.3, 0.4) is 0 Å². The lowest BCUT2D eigenvalue weighted by atomic mass is 9.84. The number of carbonyl (C=O) groups excluding carboxylic acids is 1. The number of hydrogen-bond donors (Lipinski definition) is 1. The minimum absolute atomic E-state index is 0.0817. The number of nitrogens with zero attached hydrogens (tertiary/aromatic N) is 5. The fourth-order valence-electron chi connectivity index (χ4n) is 4.60. The zero-order valence-corrected chi connectivity index (χ0v) is 17.3. The molecule has 4 aliphatic heterocycles. The van der Waals surface area contributed by atoms with Crippen molar-refractivity contribution >= 4 is 23.5 Å². The molecule has 0 aliphatic carbocycles. The fraction of sp³-hybridized carbons (Fsp3) is 0.524. The van der Waals surface area contributed by atoms with E-state index in [0.717, 1.165) is 5.84 Å². The van der Waals surface area contributed by atoms with Gasteiger partial charge in [0, 0.05) is 25.8 Å². The predicted molar refractivity (Wildman–Crippen MR) is 111 cm³/mol. The van der Waals surface area contributed by atoms with Gasteiger partial charge in [-0.1, -0.05) is 19.9 Å². The molecule has 30 heavy (non-hydrogen) atoms. The summed E-state index contributed by atoms with van der Waals surface area (Å²) in [6.45, 7) is 7.86. The highest BCUT2D eigenvalue weighted by molar-refractivity contribution is 6.17. The zero-order valence-electron chi connectivity index (χ0n) is 17.3. The number of ether oxygens (including phenoxy) is 1. The maximum Gasteiger partial charge on any atom is 0.410 e. The van der Waals surface area contributed by atoms with E-state index in [9.17, 15) is 9.18 Å². The summed E-state index contributed by atoms with van der Waals surface area (Å²) in [7, 11) is 0. The number of amidine groups is 1. The van der Waals surface area contributed by atoms with Gasteiger partial charge in [0.25, 0.3) is 0 Å². The smallest absolute Gasteiger partial charge is 0.410 e. The van der Waals surface area contributed by atoms with E-state index in [-0.39, 0.29) is 29.7 Å². The Balaban J connectivity index is 1.43. The molecule has 2 saturated heterocycles. The van der Waals surface area contributed by atoms with Gasteiger partial charge < -0.3 is 9.64 Å². The third-order valence-electron chi connectivity index (χ3n) is 6.77. The number of aromatic nitrogens is 1. The highest BCUT2D eigenvalue weighted by Gasteiger charge is 2.54. The van der Waals surface area contributed by atoms with Crippen molar-refractivity contribution in [1.29, 1.82) is 0 Å². The molecule has 0 radical (unpaired) electrons. The van der Waals surface area contributed by atoms with Crippen LogP contribution in [0.25, 0.3) is 0 Å². The minimum Gasteiger partial charge on any atom is -0.441 e. The SMILES string of the molecule is CC(C)C1(C)OC(=O)N2CCN(c3ccc(F)c(C4=NNC5=NC=CCC54)n3)CC21. The van der Waals surface area contributed by atoms with E-state index >= 15 is 0 Å². The van der Waals surface area contributed by atoms with Crippen LogP contribution in [0.2, 0.25) is 0 Å². The van der Waals surface area contributed by atoms with Gasteiger partial charge in [-0.25, -0.2) is 19.2 Å². The first-order chi connectivity index (χ1) is 14.4. The maximum atomic E-state index is 14.7. The fourth-order valence-corrected chi connectivity index (χ4v) is 4.60. The molecule has 0 saturated carbocycles. The number of carbonyl (C=O) groups is 1. The van der Waals surface area contributed by atoms with Crippen molar-refractivity contribution in [3.8, 4) is 0 Å². The Hall–Kier alpha value is -2.97. The number of allylic oxidation sites excluding steroid dienone is 1. The van der Waals surface area contributed by atoms with E-state index in [0.29, 0.717) is 37.6 Å². The van der Waals surface area contributed by atoms with Gasteiger partial charge in [-0.3, -0.25) is 10.3 Å². The van der Waals surface area contributed by atoms with Gasteiger partial charge in [0.1, 0.15) is 28.7 Å². The monoisotopic (exact) mass is 412 g/mol. The molecule has 1 amide bonds.